The number of benzene rings is 1. The highest BCUT2D eigenvalue weighted by Gasteiger charge is 2.25. The Morgan fingerprint density at radius 1 is 1.23 bits per heavy atom. The number of nitrogens with one attached hydrogen (secondary N) is 1. The highest BCUT2D eigenvalue weighted by Crippen LogP contribution is 2.40. The molecule has 6 heteroatoms. The molecule has 2 aromatic heterocycles. The minimum absolute atomic E-state index is 0.0456. The monoisotopic (exact) mass is 297 g/mol. The average Bonchev–Trinajstić information content (AvgIpc) is 3.26. The molecular formula is C16H15N3O3. The molecule has 0 amide bonds. The van der Waals surface area contributed by atoms with E-state index in [-0.39, 0.29) is 5.92 Å². The summed E-state index contributed by atoms with van der Waals surface area (Å²) in [5.41, 5.74) is 2.95. The van der Waals surface area contributed by atoms with E-state index in [1.165, 1.54) is 6.39 Å². The van der Waals surface area contributed by atoms with E-state index >= 15 is 0 Å². The van der Waals surface area contributed by atoms with E-state index in [2.05, 4.69) is 21.0 Å². The summed E-state index contributed by atoms with van der Waals surface area (Å²) in [4.78, 5) is 11.6. The lowest BCUT2D eigenvalue weighted by Gasteiger charge is -2.24. The van der Waals surface area contributed by atoms with Crippen LogP contribution >= 0.6 is 0 Å². The van der Waals surface area contributed by atoms with Crippen molar-refractivity contribution in [3.8, 4) is 11.5 Å². The number of rotatable bonds is 4. The molecule has 22 heavy (non-hydrogen) atoms. The van der Waals surface area contributed by atoms with Crippen LogP contribution in [-0.2, 0) is 6.42 Å². The Morgan fingerprint density at radius 3 is 3.00 bits per heavy atom. The molecule has 0 saturated heterocycles. The van der Waals surface area contributed by atoms with Gasteiger partial charge in [0.15, 0.2) is 17.9 Å². The summed E-state index contributed by atoms with van der Waals surface area (Å²) in [6.45, 7) is 1.14. The number of aromatic amines is 1. The predicted octanol–water partition coefficient (Wildman–Crippen LogP) is 2.54. The van der Waals surface area contributed by atoms with Gasteiger partial charge in [-0.2, -0.15) is 0 Å². The van der Waals surface area contributed by atoms with E-state index in [0.29, 0.717) is 19.6 Å². The smallest absolute Gasteiger partial charge is 0.180 e. The van der Waals surface area contributed by atoms with E-state index in [1.807, 2.05) is 18.3 Å². The van der Waals surface area contributed by atoms with Crippen molar-refractivity contribution in [1.82, 2.24) is 15.0 Å². The summed E-state index contributed by atoms with van der Waals surface area (Å²) in [7, 11) is 0. The third-order valence-corrected chi connectivity index (χ3v) is 3.76. The van der Waals surface area contributed by atoms with Crippen molar-refractivity contribution in [2.75, 3.05) is 13.2 Å². The molecule has 4 rings (SSSR count). The molecule has 6 nitrogen and oxygen atoms in total. The first-order valence-electron chi connectivity index (χ1n) is 7.15. The van der Waals surface area contributed by atoms with Gasteiger partial charge in [0.2, 0.25) is 0 Å². The molecule has 1 aliphatic heterocycles. The zero-order chi connectivity index (χ0) is 14.8. The molecule has 112 valence electrons. The Hall–Kier alpha value is -2.76. The first-order chi connectivity index (χ1) is 10.9. The van der Waals surface area contributed by atoms with E-state index in [4.69, 9.17) is 13.9 Å². The van der Waals surface area contributed by atoms with Crippen LogP contribution in [0, 0.1) is 0 Å². The molecular weight excluding hydrogens is 282 g/mol. The van der Waals surface area contributed by atoms with Crippen molar-refractivity contribution in [3.05, 3.63) is 60.3 Å². The number of hydrogen-bond acceptors (Lipinski definition) is 5. The topological polar surface area (TPSA) is 73.2 Å². The maximum atomic E-state index is 5.85. The van der Waals surface area contributed by atoms with Crippen LogP contribution in [0.15, 0.2) is 47.8 Å². The van der Waals surface area contributed by atoms with Crippen molar-refractivity contribution in [2.24, 2.45) is 0 Å². The van der Waals surface area contributed by atoms with Crippen molar-refractivity contribution in [2.45, 2.75) is 12.3 Å². The van der Waals surface area contributed by atoms with E-state index < -0.39 is 0 Å². The fourth-order valence-electron chi connectivity index (χ4n) is 2.76. The highest BCUT2D eigenvalue weighted by molar-refractivity contribution is 5.51. The van der Waals surface area contributed by atoms with Crippen molar-refractivity contribution < 1.29 is 13.9 Å². The number of para-hydroxylation sites is 1. The Labute approximate surface area is 127 Å². The van der Waals surface area contributed by atoms with Gasteiger partial charge in [-0.15, -0.1) is 0 Å². The van der Waals surface area contributed by atoms with Crippen LogP contribution < -0.4 is 9.47 Å². The number of aromatic nitrogens is 3. The van der Waals surface area contributed by atoms with Crippen molar-refractivity contribution in [3.63, 3.8) is 0 Å². The first kappa shape index (κ1) is 12.9. The molecule has 0 unspecified atom stereocenters. The molecule has 0 bridgehead atoms. The molecule has 1 atom stereocenters. The van der Waals surface area contributed by atoms with Crippen LogP contribution in [0.25, 0.3) is 0 Å². The van der Waals surface area contributed by atoms with Gasteiger partial charge in [-0.25, -0.2) is 9.97 Å². The quantitative estimate of drug-likeness (QED) is 0.801. The summed E-state index contributed by atoms with van der Waals surface area (Å²) in [5.74, 6) is 1.63. The number of imidazole rings is 1. The largest absolute Gasteiger partial charge is 0.486 e. The Kier molecular flexibility index (Phi) is 3.27. The molecule has 1 aliphatic rings. The Bertz CT molecular complexity index is 738. The second kappa shape index (κ2) is 5.55. The van der Waals surface area contributed by atoms with Gasteiger partial charge >= 0.3 is 0 Å². The number of oxazole rings is 1. The third kappa shape index (κ3) is 2.32. The average molecular weight is 297 g/mol. The third-order valence-electron chi connectivity index (χ3n) is 3.76. The normalized spacial score (nSPS) is 14.7. The van der Waals surface area contributed by atoms with Gasteiger partial charge in [0.1, 0.15) is 19.5 Å². The molecule has 0 spiro atoms. The standard InChI is InChI=1S/C16H15N3O3/c1-2-12(16-15(3-1)21-4-5-22-16)13(14-7-17-9-18-14)6-11-8-20-10-19-11/h1-3,7-10,13H,4-6H2,(H,17,18)/t13-/m0/s1. The fraction of sp³-hybridized carbons (Fsp3) is 0.250. The molecule has 1 aromatic carbocycles. The van der Waals surface area contributed by atoms with Crippen LogP contribution in [-0.4, -0.2) is 28.2 Å². The number of hydrogen-bond donors (Lipinski definition) is 1. The van der Waals surface area contributed by atoms with Gasteiger partial charge in [-0.1, -0.05) is 12.1 Å². The minimum atomic E-state index is 0.0456. The van der Waals surface area contributed by atoms with Gasteiger partial charge in [-0.05, 0) is 6.07 Å². The van der Waals surface area contributed by atoms with Crippen LogP contribution in [0.3, 0.4) is 0 Å². The second-order valence-corrected chi connectivity index (χ2v) is 5.11. The van der Waals surface area contributed by atoms with Crippen LogP contribution in [0.2, 0.25) is 0 Å². The summed E-state index contributed by atoms with van der Waals surface area (Å²) in [5, 5.41) is 0. The maximum absolute atomic E-state index is 5.85. The summed E-state index contributed by atoms with van der Waals surface area (Å²) in [6, 6.07) is 5.96. The van der Waals surface area contributed by atoms with Gasteiger partial charge in [-0.3, -0.25) is 0 Å². The summed E-state index contributed by atoms with van der Waals surface area (Å²) < 4.78 is 16.6. The molecule has 0 aliphatic carbocycles. The minimum Gasteiger partial charge on any atom is -0.486 e. The van der Waals surface area contributed by atoms with Crippen molar-refractivity contribution in [1.29, 1.82) is 0 Å². The van der Waals surface area contributed by atoms with Gasteiger partial charge < -0.3 is 18.9 Å². The van der Waals surface area contributed by atoms with Gasteiger partial charge in [0.25, 0.3) is 0 Å². The lowest BCUT2D eigenvalue weighted by molar-refractivity contribution is 0.169. The second-order valence-electron chi connectivity index (χ2n) is 5.11. The lowest BCUT2D eigenvalue weighted by atomic mass is 9.90. The van der Waals surface area contributed by atoms with Gasteiger partial charge in [0.05, 0.1) is 12.0 Å². The number of nitrogens with zero attached hydrogens (tertiary/aromatic N) is 2. The molecule has 0 fully saturated rings. The molecule has 3 aromatic rings. The molecule has 0 saturated carbocycles. The maximum Gasteiger partial charge on any atom is 0.180 e. The van der Waals surface area contributed by atoms with Crippen LogP contribution in [0.4, 0.5) is 0 Å². The SMILES string of the molecule is c1cc2c(c([C@H](Cc3cocn3)c3cnc[nH]3)c1)OCCO2. The zero-order valence-electron chi connectivity index (χ0n) is 11.9. The predicted molar refractivity (Wildman–Crippen MR) is 78.1 cm³/mol. The first-order valence-corrected chi connectivity index (χ1v) is 7.15. The zero-order valence-corrected chi connectivity index (χ0v) is 11.9. The van der Waals surface area contributed by atoms with Crippen LogP contribution in [0.5, 0.6) is 11.5 Å². The summed E-state index contributed by atoms with van der Waals surface area (Å²) >= 11 is 0. The highest BCUT2D eigenvalue weighted by atomic mass is 16.6. The van der Waals surface area contributed by atoms with E-state index in [9.17, 15) is 0 Å². The van der Waals surface area contributed by atoms with Crippen molar-refractivity contribution >= 4 is 0 Å². The fourth-order valence-corrected chi connectivity index (χ4v) is 2.76. The number of fused-ring (bicyclic) bond motifs is 1. The number of ether oxygens (including phenoxy) is 2. The molecule has 3 heterocycles. The van der Waals surface area contributed by atoms with E-state index in [0.717, 1.165) is 28.5 Å². The Morgan fingerprint density at radius 2 is 2.18 bits per heavy atom. The lowest BCUT2D eigenvalue weighted by Crippen LogP contribution is -2.18. The molecule has 1 N–H and O–H groups in total. The number of H-pyrrole nitrogens is 1. The van der Waals surface area contributed by atoms with Crippen LogP contribution in [0.1, 0.15) is 22.9 Å². The summed E-state index contributed by atoms with van der Waals surface area (Å²) in [6.07, 6.45) is 7.31. The molecule has 0 radical (unpaired) electrons. The van der Waals surface area contributed by atoms with Gasteiger partial charge in [0, 0.05) is 29.8 Å². The van der Waals surface area contributed by atoms with E-state index in [1.54, 1.807) is 12.6 Å². The Balaban J connectivity index is 1.78.